The maximum absolute atomic E-state index is 12.5. The van der Waals surface area contributed by atoms with Crippen molar-refractivity contribution in [2.45, 2.75) is 321 Å². The Hall–Kier alpha value is -1.92. The molecule has 2 atom stereocenters. The largest absolute Gasteiger partial charge is 0.466 e. The van der Waals surface area contributed by atoms with E-state index in [1.807, 2.05) is 6.08 Å². The van der Waals surface area contributed by atoms with Crippen LogP contribution in [0.5, 0.6) is 0 Å². The fraction of sp³-hybridized carbons (Fsp3) is 0.867. The monoisotopic (exact) mass is 928 g/mol. The lowest BCUT2D eigenvalue weighted by Crippen LogP contribution is -2.45. The lowest BCUT2D eigenvalue weighted by Gasteiger charge is -2.20. The number of amides is 1. The van der Waals surface area contributed by atoms with E-state index in [2.05, 4.69) is 43.5 Å². The normalized spacial score (nSPS) is 12.8. The summed E-state index contributed by atoms with van der Waals surface area (Å²) in [5, 5.41) is 23.1. The zero-order valence-electron chi connectivity index (χ0n) is 44.2. The number of nitrogens with one attached hydrogen (secondary N) is 1. The Morgan fingerprint density at radius 3 is 1.12 bits per heavy atom. The Morgan fingerprint density at radius 2 is 0.742 bits per heavy atom. The van der Waals surface area contributed by atoms with Crippen molar-refractivity contribution in [2.75, 3.05) is 13.2 Å². The summed E-state index contributed by atoms with van der Waals surface area (Å²) in [4.78, 5) is 24.5. The second-order valence-corrected chi connectivity index (χ2v) is 20.0. The van der Waals surface area contributed by atoms with Gasteiger partial charge in [0.05, 0.1) is 25.4 Å². The zero-order chi connectivity index (χ0) is 47.9. The molecule has 388 valence electrons. The van der Waals surface area contributed by atoms with E-state index in [1.165, 1.54) is 205 Å². The predicted molar refractivity (Wildman–Crippen MR) is 287 cm³/mol. The van der Waals surface area contributed by atoms with E-state index >= 15 is 0 Å². The third kappa shape index (κ3) is 51.5. The molecule has 1 amide bonds. The Kier molecular flexibility index (Phi) is 54.1. The topological polar surface area (TPSA) is 95.9 Å². The maximum atomic E-state index is 12.5. The zero-order valence-corrected chi connectivity index (χ0v) is 44.2. The van der Waals surface area contributed by atoms with Crippen LogP contribution in [0.4, 0.5) is 0 Å². The lowest BCUT2D eigenvalue weighted by atomic mass is 10.0. The van der Waals surface area contributed by atoms with Gasteiger partial charge in [-0.15, -0.1) is 0 Å². The molecule has 3 N–H and O–H groups in total. The van der Waals surface area contributed by atoms with Crippen LogP contribution in [-0.2, 0) is 14.3 Å². The van der Waals surface area contributed by atoms with Crippen molar-refractivity contribution in [3.8, 4) is 0 Å². The quantitative estimate of drug-likeness (QED) is 0.0244. The Balaban J connectivity index is 3.50. The highest BCUT2D eigenvalue weighted by Gasteiger charge is 2.18. The number of hydrogen-bond donors (Lipinski definition) is 3. The molecule has 0 aromatic rings. The maximum Gasteiger partial charge on any atom is 0.305 e. The number of hydrogen-bond acceptors (Lipinski definition) is 5. The summed E-state index contributed by atoms with van der Waals surface area (Å²) in [7, 11) is 0. The first-order valence-electron chi connectivity index (χ1n) is 29.3. The minimum atomic E-state index is -0.851. The molecule has 2 unspecified atom stereocenters. The van der Waals surface area contributed by atoms with E-state index in [1.54, 1.807) is 6.08 Å². The number of esters is 1. The van der Waals surface area contributed by atoms with Gasteiger partial charge in [-0.25, -0.2) is 0 Å². The fourth-order valence-corrected chi connectivity index (χ4v) is 8.92. The van der Waals surface area contributed by atoms with Gasteiger partial charge in [0.2, 0.25) is 5.91 Å². The summed E-state index contributed by atoms with van der Waals surface area (Å²) in [6, 6.07) is -0.635. The first-order chi connectivity index (χ1) is 32.5. The van der Waals surface area contributed by atoms with Crippen LogP contribution in [0.2, 0.25) is 0 Å². The van der Waals surface area contributed by atoms with E-state index in [4.69, 9.17) is 4.74 Å². The molecule has 0 aromatic carbocycles. The van der Waals surface area contributed by atoms with Gasteiger partial charge in [-0.05, 0) is 64.2 Å². The van der Waals surface area contributed by atoms with Crippen LogP contribution < -0.4 is 5.32 Å². The summed E-state index contributed by atoms with van der Waals surface area (Å²) < 4.78 is 5.45. The standard InChI is InChI=1S/C60H113NO5/c1-3-5-7-9-11-13-15-17-19-25-28-32-36-40-44-48-52-58(63)57(56-62)61-59(64)53-49-45-41-37-33-29-26-23-21-20-22-24-27-31-35-39-43-47-51-55-66-60(65)54-50-46-42-38-34-30-18-16-14-12-10-8-6-4-2/h24,27,31,35,48,52,57-58,62-63H,3-23,25-26,28-30,32-34,36-47,49-51,53-56H2,1-2H3,(H,61,64)/b27-24-,35-31-,52-48+. The number of aliphatic hydroxyl groups is 2. The van der Waals surface area contributed by atoms with Crippen molar-refractivity contribution in [3.63, 3.8) is 0 Å². The number of rotatable bonds is 54. The minimum absolute atomic E-state index is 0.0120. The molecule has 0 aliphatic carbocycles. The summed E-state index contributed by atoms with van der Waals surface area (Å²) in [6.45, 7) is 4.87. The van der Waals surface area contributed by atoms with Crippen LogP contribution in [0.3, 0.4) is 0 Å². The molecule has 0 aliphatic heterocycles. The van der Waals surface area contributed by atoms with Crippen molar-refractivity contribution in [1.29, 1.82) is 0 Å². The number of carbonyl (C=O) groups is 2. The van der Waals surface area contributed by atoms with Crippen molar-refractivity contribution in [3.05, 3.63) is 36.5 Å². The van der Waals surface area contributed by atoms with E-state index in [-0.39, 0.29) is 18.5 Å². The molecule has 0 spiro atoms. The van der Waals surface area contributed by atoms with Gasteiger partial charge in [-0.2, -0.15) is 0 Å². The third-order valence-electron chi connectivity index (χ3n) is 13.4. The van der Waals surface area contributed by atoms with Gasteiger partial charge in [0.1, 0.15) is 0 Å². The van der Waals surface area contributed by atoms with Crippen molar-refractivity contribution < 1.29 is 24.5 Å². The first kappa shape index (κ1) is 64.1. The molecule has 0 aliphatic rings. The van der Waals surface area contributed by atoms with E-state index in [0.29, 0.717) is 19.4 Å². The van der Waals surface area contributed by atoms with Crippen molar-refractivity contribution in [1.82, 2.24) is 5.32 Å². The molecule has 6 heteroatoms. The molecule has 0 heterocycles. The highest BCUT2D eigenvalue weighted by Crippen LogP contribution is 2.17. The van der Waals surface area contributed by atoms with E-state index < -0.39 is 12.1 Å². The summed E-state index contributed by atoms with van der Waals surface area (Å²) in [5.74, 6) is -0.0888. The van der Waals surface area contributed by atoms with Gasteiger partial charge in [-0.3, -0.25) is 9.59 Å². The Bertz CT molecular complexity index is 1070. The van der Waals surface area contributed by atoms with Crippen molar-refractivity contribution in [2.24, 2.45) is 0 Å². The van der Waals surface area contributed by atoms with E-state index in [9.17, 15) is 19.8 Å². The first-order valence-corrected chi connectivity index (χ1v) is 29.3. The SMILES string of the molecule is CCCCCCCCCCCCCCCC/C=C/C(O)C(CO)NC(=O)CCCCCCCCCCCC/C=C\C=C/CCCCCOC(=O)CCCCCCCCCCCCCCCC. The fourth-order valence-electron chi connectivity index (χ4n) is 8.92. The highest BCUT2D eigenvalue weighted by molar-refractivity contribution is 5.76. The molecule has 6 nitrogen and oxygen atoms in total. The molecule has 0 aromatic heterocycles. The second kappa shape index (κ2) is 55.7. The van der Waals surface area contributed by atoms with Crippen molar-refractivity contribution >= 4 is 11.9 Å². The number of carbonyl (C=O) groups excluding carboxylic acids is 2. The lowest BCUT2D eigenvalue weighted by molar-refractivity contribution is -0.143. The molecule has 0 radical (unpaired) electrons. The summed E-state index contributed by atoms with van der Waals surface area (Å²) >= 11 is 0. The number of aliphatic hydroxyl groups excluding tert-OH is 2. The molecular weight excluding hydrogens is 815 g/mol. The molecule has 0 bridgehead atoms. The second-order valence-electron chi connectivity index (χ2n) is 20.0. The summed E-state index contributed by atoms with van der Waals surface area (Å²) in [6.07, 6.45) is 68.8. The summed E-state index contributed by atoms with van der Waals surface area (Å²) in [5.41, 5.74) is 0. The van der Waals surface area contributed by atoms with Gasteiger partial charge in [0.15, 0.2) is 0 Å². The molecule has 0 rings (SSSR count). The van der Waals surface area contributed by atoms with Gasteiger partial charge in [-0.1, -0.05) is 269 Å². The number of allylic oxidation sites excluding steroid dienone is 5. The highest BCUT2D eigenvalue weighted by atomic mass is 16.5. The molecular formula is C60H113NO5. The van der Waals surface area contributed by atoms with Gasteiger partial charge < -0.3 is 20.3 Å². The average molecular weight is 929 g/mol. The molecule has 66 heavy (non-hydrogen) atoms. The Morgan fingerprint density at radius 1 is 0.424 bits per heavy atom. The Labute approximate surface area is 411 Å². The molecule has 0 fully saturated rings. The van der Waals surface area contributed by atoms with Gasteiger partial charge in [0, 0.05) is 12.8 Å². The third-order valence-corrected chi connectivity index (χ3v) is 13.4. The average Bonchev–Trinajstić information content (AvgIpc) is 3.32. The van der Waals surface area contributed by atoms with Gasteiger partial charge >= 0.3 is 5.97 Å². The van der Waals surface area contributed by atoms with Crippen LogP contribution >= 0.6 is 0 Å². The minimum Gasteiger partial charge on any atom is -0.466 e. The van der Waals surface area contributed by atoms with Crippen LogP contribution in [0.1, 0.15) is 309 Å². The van der Waals surface area contributed by atoms with Gasteiger partial charge in [0.25, 0.3) is 0 Å². The van der Waals surface area contributed by atoms with Crippen LogP contribution in [0.15, 0.2) is 36.5 Å². The number of ether oxygens (including phenoxy) is 1. The van der Waals surface area contributed by atoms with Crippen LogP contribution in [0.25, 0.3) is 0 Å². The number of unbranched alkanes of at least 4 members (excludes halogenated alkanes) is 40. The predicted octanol–water partition coefficient (Wildman–Crippen LogP) is 18.0. The van der Waals surface area contributed by atoms with Crippen LogP contribution in [-0.4, -0.2) is 47.4 Å². The van der Waals surface area contributed by atoms with Crippen LogP contribution in [0, 0.1) is 0 Å². The van der Waals surface area contributed by atoms with E-state index in [0.717, 1.165) is 77.0 Å². The molecule has 0 saturated heterocycles. The molecule has 0 saturated carbocycles. The smallest absolute Gasteiger partial charge is 0.305 e.